The third kappa shape index (κ3) is 6.06. The molecule has 0 spiro atoms. The summed E-state index contributed by atoms with van der Waals surface area (Å²) in [5.41, 5.74) is 0.340. The van der Waals surface area contributed by atoms with E-state index in [1.165, 1.54) is 12.5 Å². The van der Waals surface area contributed by atoms with Gasteiger partial charge in [-0.3, -0.25) is 10.1 Å². The fourth-order valence-corrected chi connectivity index (χ4v) is 2.85. The van der Waals surface area contributed by atoms with Gasteiger partial charge in [0.15, 0.2) is 6.10 Å². The van der Waals surface area contributed by atoms with Crippen molar-refractivity contribution in [3.8, 4) is 5.75 Å². The standard InChI is InChI=1S/C19H26N2O5/c1-3-25-18(23)14-8-7-11-16(12-14)26-13(2)17(22)21-19(24)20-15-9-5-4-6-10-15/h7-8,11-13,15H,3-6,9-10H2,1-2H3,(H2,20,21,22,24)/t13-/m0/s1. The molecule has 1 saturated carbocycles. The van der Waals surface area contributed by atoms with Crippen LogP contribution in [0.4, 0.5) is 4.79 Å². The molecule has 0 unspecified atom stereocenters. The van der Waals surface area contributed by atoms with Crippen molar-refractivity contribution in [2.45, 2.75) is 58.1 Å². The van der Waals surface area contributed by atoms with Crippen LogP contribution in [0.1, 0.15) is 56.3 Å². The molecule has 0 aliphatic heterocycles. The lowest BCUT2D eigenvalue weighted by Gasteiger charge is -2.23. The number of hydrogen-bond acceptors (Lipinski definition) is 5. The van der Waals surface area contributed by atoms with Gasteiger partial charge in [0.1, 0.15) is 5.75 Å². The lowest BCUT2D eigenvalue weighted by atomic mass is 9.96. The summed E-state index contributed by atoms with van der Waals surface area (Å²) in [6.07, 6.45) is 4.37. The number of carbonyl (C=O) groups is 3. The van der Waals surface area contributed by atoms with Crippen LogP contribution < -0.4 is 15.4 Å². The molecule has 1 aromatic carbocycles. The maximum absolute atomic E-state index is 12.1. The molecule has 0 bridgehead atoms. The van der Waals surface area contributed by atoms with E-state index in [2.05, 4.69) is 10.6 Å². The number of hydrogen-bond donors (Lipinski definition) is 2. The normalized spacial score (nSPS) is 15.6. The molecular weight excluding hydrogens is 336 g/mol. The topological polar surface area (TPSA) is 93.7 Å². The van der Waals surface area contributed by atoms with Gasteiger partial charge >= 0.3 is 12.0 Å². The second-order valence-corrected chi connectivity index (χ2v) is 6.31. The van der Waals surface area contributed by atoms with Gasteiger partial charge in [0.2, 0.25) is 0 Å². The zero-order chi connectivity index (χ0) is 18.9. The Morgan fingerprint density at radius 2 is 1.92 bits per heavy atom. The second-order valence-electron chi connectivity index (χ2n) is 6.31. The molecular formula is C19H26N2O5. The molecule has 7 nitrogen and oxygen atoms in total. The van der Waals surface area contributed by atoms with Crippen molar-refractivity contribution in [3.63, 3.8) is 0 Å². The Morgan fingerprint density at radius 3 is 2.62 bits per heavy atom. The van der Waals surface area contributed by atoms with E-state index in [-0.39, 0.29) is 12.6 Å². The maximum Gasteiger partial charge on any atom is 0.338 e. The van der Waals surface area contributed by atoms with Gasteiger partial charge in [0.25, 0.3) is 5.91 Å². The van der Waals surface area contributed by atoms with Crippen molar-refractivity contribution >= 4 is 17.9 Å². The molecule has 0 saturated heterocycles. The van der Waals surface area contributed by atoms with Gasteiger partial charge in [0.05, 0.1) is 12.2 Å². The lowest BCUT2D eigenvalue weighted by Crippen LogP contribution is -2.48. The van der Waals surface area contributed by atoms with Crippen molar-refractivity contribution in [1.82, 2.24) is 10.6 Å². The summed E-state index contributed by atoms with van der Waals surface area (Å²) in [7, 11) is 0. The molecule has 3 amide bonds. The first-order valence-electron chi connectivity index (χ1n) is 9.04. The molecule has 26 heavy (non-hydrogen) atoms. The maximum atomic E-state index is 12.1. The Bertz CT molecular complexity index is 641. The molecule has 2 rings (SSSR count). The minimum atomic E-state index is -0.885. The Balaban J connectivity index is 1.85. The zero-order valence-corrected chi connectivity index (χ0v) is 15.2. The van der Waals surface area contributed by atoms with Gasteiger partial charge in [0, 0.05) is 6.04 Å². The van der Waals surface area contributed by atoms with Crippen LogP contribution >= 0.6 is 0 Å². The van der Waals surface area contributed by atoms with E-state index in [0.29, 0.717) is 11.3 Å². The van der Waals surface area contributed by atoms with E-state index < -0.39 is 24.0 Å². The van der Waals surface area contributed by atoms with Crippen molar-refractivity contribution in [2.75, 3.05) is 6.61 Å². The lowest BCUT2D eigenvalue weighted by molar-refractivity contribution is -0.126. The highest BCUT2D eigenvalue weighted by Gasteiger charge is 2.21. The van der Waals surface area contributed by atoms with Crippen LogP contribution in [0, 0.1) is 0 Å². The number of carbonyl (C=O) groups excluding carboxylic acids is 3. The van der Waals surface area contributed by atoms with Crippen LogP contribution in [0.3, 0.4) is 0 Å². The average molecular weight is 362 g/mol. The third-order valence-corrected chi connectivity index (χ3v) is 4.20. The molecule has 1 atom stereocenters. The van der Waals surface area contributed by atoms with Crippen molar-refractivity contribution in [1.29, 1.82) is 0 Å². The van der Waals surface area contributed by atoms with Crippen LogP contribution in [0.25, 0.3) is 0 Å². The zero-order valence-electron chi connectivity index (χ0n) is 15.2. The first-order chi connectivity index (χ1) is 12.5. The van der Waals surface area contributed by atoms with E-state index in [4.69, 9.17) is 9.47 Å². The molecule has 1 aliphatic rings. The first kappa shape index (κ1) is 19.8. The monoisotopic (exact) mass is 362 g/mol. The Morgan fingerprint density at radius 1 is 1.19 bits per heavy atom. The van der Waals surface area contributed by atoms with Crippen LogP contribution in [0.5, 0.6) is 5.75 Å². The SMILES string of the molecule is CCOC(=O)c1cccc(O[C@@H](C)C(=O)NC(=O)NC2CCCCC2)c1. The fraction of sp³-hybridized carbons (Fsp3) is 0.526. The Kier molecular flexibility index (Phi) is 7.44. The van der Waals surface area contributed by atoms with Gasteiger partial charge < -0.3 is 14.8 Å². The molecule has 1 fully saturated rings. The van der Waals surface area contributed by atoms with Gasteiger partial charge in [-0.05, 0) is 44.9 Å². The molecule has 0 radical (unpaired) electrons. The first-order valence-corrected chi connectivity index (χ1v) is 9.04. The average Bonchev–Trinajstić information content (AvgIpc) is 2.62. The van der Waals surface area contributed by atoms with E-state index in [1.54, 1.807) is 32.0 Å². The number of nitrogens with one attached hydrogen (secondary N) is 2. The fourth-order valence-electron chi connectivity index (χ4n) is 2.85. The largest absolute Gasteiger partial charge is 0.481 e. The van der Waals surface area contributed by atoms with Gasteiger partial charge in [-0.2, -0.15) is 0 Å². The molecule has 1 aromatic rings. The summed E-state index contributed by atoms with van der Waals surface area (Å²) in [6.45, 7) is 3.54. The highest BCUT2D eigenvalue weighted by molar-refractivity contribution is 5.96. The minimum Gasteiger partial charge on any atom is -0.481 e. The van der Waals surface area contributed by atoms with Gasteiger partial charge in [-0.1, -0.05) is 25.3 Å². The van der Waals surface area contributed by atoms with Gasteiger partial charge in [-0.15, -0.1) is 0 Å². The summed E-state index contributed by atoms with van der Waals surface area (Å²) < 4.78 is 10.5. The van der Waals surface area contributed by atoms with Crippen molar-refractivity contribution < 1.29 is 23.9 Å². The van der Waals surface area contributed by atoms with Crippen LogP contribution in [-0.2, 0) is 9.53 Å². The number of rotatable bonds is 6. The molecule has 0 heterocycles. The highest BCUT2D eigenvalue weighted by atomic mass is 16.5. The quantitative estimate of drug-likeness (QED) is 0.759. The Hall–Kier alpha value is -2.57. The molecule has 0 aromatic heterocycles. The third-order valence-electron chi connectivity index (χ3n) is 4.20. The Labute approximate surface area is 153 Å². The number of urea groups is 1. The van der Waals surface area contributed by atoms with E-state index in [9.17, 15) is 14.4 Å². The predicted molar refractivity (Wildman–Crippen MR) is 96.0 cm³/mol. The predicted octanol–water partition coefficient (Wildman–Crippen LogP) is 2.79. The van der Waals surface area contributed by atoms with Crippen molar-refractivity contribution in [3.05, 3.63) is 29.8 Å². The molecule has 1 aliphatic carbocycles. The van der Waals surface area contributed by atoms with E-state index >= 15 is 0 Å². The van der Waals surface area contributed by atoms with Crippen molar-refractivity contribution in [2.24, 2.45) is 0 Å². The van der Waals surface area contributed by atoms with Crippen LogP contribution in [0.15, 0.2) is 24.3 Å². The van der Waals surface area contributed by atoms with Gasteiger partial charge in [-0.25, -0.2) is 9.59 Å². The highest BCUT2D eigenvalue weighted by Crippen LogP contribution is 2.17. The summed E-state index contributed by atoms with van der Waals surface area (Å²) in [4.78, 5) is 35.8. The minimum absolute atomic E-state index is 0.119. The number of esters is 1. The van der Waals surface area contributed by atoms with Crippen LogP contribution in [-0.4, -0.2) is 36.7 Å². The smallest absolute Gasteiger partial charge is 0.338 e. The molecule has 142 valence electrons. The van der Waals surface area contributed by atoms with E-state index in [0.717, 1.165) is 25.7 Å². The summed E-state index contributed by atoms with van der Waals surface area (Å²) in [5.74, 6) is -0.646. The molecule has 7 heteroatoms. The summed E-state index contributed by atoms with van der Waals surface area (Å²) in [6, 6.07) is 6.00. The summed E-state index contributed by atoms with van der Waals surface area (Å²) in [5, 5.41) is 5.12. The number of ether oxygens (including phenoxy) is 2. The number of imide groups is 1. The number of benzene rings is 1. The number of amides is 3. The van der Waals surface area contributed by atoms with E-state index in [1.807, 2.05) is 0 Å². The summed E-state index contributed by atoms with van der Waals surface area (Å²) >= 11 is 0. The molecule has 2 N–H and O–H groups in total. The van der Waals surface area contributed by atoms with Crippen LogP contribution in [0.2, 0.25) is 0 Å². The second kappa shape index (κ2) is 9.79.